The number of benzene rings is 1. The molecule has 0 amide bonds. The minimum absolute atomic E-state index is 0.0969. The predicted octanol–water partition coefficient (Wildman–Crippen LogP) is 1.89. The summed E-state index contributed by atoms with van der Waals surface area (Å²) in [4.78, 5) is 13.7. The molecule has 0 aliphatic carbocycles. The van der Waals surface area contributed by atoms with Crippen LogP contribution < -0.4 is 10.5 Å². The second-order valence-electron chi connectivity index (χ2n) is 4.89. The van der Waals surface area contributed by atoms with Crippen molar-refractivity contribution in [2.24, 2.45) is 5.73 Å². The molecular weight excluding hydrogens is 283 g/mol. The minimum atomic E-state index is -0.980. The van der Waals surface area contributed by atoms with Gasteiger partial charge in [0.05, 0.1) is 10.5 Å². The number of halogens is 1. The third-order valence-corrected chi connectivity index (χ3v) is 2.52. The topological polar surface area (TPSA) is 117 Å². The standard InChI is InChI=1S/C12H13FN4O4/c1-12(2,14)11-15-10(21-16-11)6-20-7-3-4-9(17(18)19)8(13)5-7/h3-5H,6,14H2,1-2H3. The maximum atomic E-state index is 13.4. The van der Waals surface area contributed by atoms with E-state index in [0.29, 0.717) is 5.82 Å². The molecule has 2 aromatic rings. The second kappa shape index (κ2) is 5.44. The van der Waals surface area contributed by atoms with Crippen molar-refractivity contribution >= 4 is 5.69 Å². The summed E-state index contributed by atoms with van der Waals surface area (Å²) >= 11 is 0. The lowest BCUT2D eigenvalue weighted by Crippen LogP contribution is -2.30. The van der Waals surface area contributed by atoms with Crippen LogP contribution in [0.1, 0.15) is 25.6 Å². The van der Waals surface area contributed by atoms with E-state index < -0.39 is 22.0 Å². The summed E-state index contributed by atoms with van der Waals surface area (Å²) in [5, 5.41) is 14.2. The number of nitrogens with zero attached hydrogens (tertiary/aromatic N) is 3. The Morgan fingerprint density at radius 1 is 1.52 bits per heavy atom. The van der Waals surface area contributed by atoms with Gasteiger partial charge < -0.3 is 15.0 Å². The van der Waals surface area contributed by atoms with E-state index in [-0.39, 0.29) is 18.2 Å². The monoisotopic (exact) mass is 296 g/mol. The van der Waals surface area contributed by atoms with Gasteiger partial charge in [0.25, 0.3) is 5.89 Å². The van der Waals surface area contributed by atoms with Gasteiger partial charge in [-0.25, -0.2) is 0 Å². The van der Waals surface area contributed by atoms with Crippen molar-refractivity contribution in [1.29, 1.82) is 0 Å². The van der Waals surface area contributed by atoms with Gasteiger partial charge in [-0.05, 0) is 19.9 Å². The summed E-state index contributed by atoms with van der Waals surface area (Å²) in [6.07, 6.45) is 0. The van der Waals surface area contributed by atoms with Crippen molar-refractivity contribution < 1.29 is 18.6 Å². The van der Waals surface area contributed by atoms with Crippen molar-refractivity contribution in [3.8, 4) is 5.75 Å². The van der Waals surface area contributed by atoms with E-state index in [9.17, 15) is 14.5 Å². The van der Waals surface area contributed by atoms with Crippen molar-refractivity contribution in [2.75, 3.05) is 0 Å². The first-order valence-corrected chi connectivity index (χ1v) is 5.96. The van der Waals surface area contributed by atoms with Crippen LogP contribution in [0.3, 0.4) is 0 Å². The number of nitrogens with two attached hydrogens (primary N) is 1. The second-order valence-corrected chi connectivity index (χ2v) is 4.89. The van der Waals surface area contributed by atoms with E-state index >= 15 is 0 Å². The van der Waals surface area contributed by atoms with Crippen LogP contribution in [0.5, 0.6) is 5.75 Å². The molecule has 0 saturated carbocycles. The Morgan fingerprint density at radius 3 is 2.76 bits per heavy atom. The third kappa shape index (κ3) is 3.51. The van der Waals surface area contributed by atoms with E-state index in [4.69, 9.17) is 15.0 Å². The first-order chi connectivity index (χ1) is 9.77. The molecule has 0 radical (unpaired) electrons. The van der Waals surface area contributed by atoms with Crippen molar-refractivity contribution in [3.05, 3.63) is 45.8 Å². The van der Waals surface area contributed by atoms with E-state index in [1.807, 2.05) is 0 Å². The number of ether oxygens (including phenoxy) is 1. The Morgan fingerprint density at radius 2 is 2.24 bits per heavy atom. The van der Waals surface area contributed by atoms with Crippen LogP contribution in [0.4, 0.5) is 10.1 Å². The summed E-state index contributed by atoms with van der Waals surface area (Å²) in [5.41, 5.74) is 4.44. The highest BCUT2D eigenvalue weighted by molar-refractivity contribution is 5.37. The van der Waals surface area contributed by atoms with Gasteiger partial charge in [0.1, 0.15) is 5.75 Å². The van der Waals surface area contributed by atoms with E-state index in [1.54, 1.807) is 13.8 Å². The fraction of sp³-hybridized carbons (Fsp3) is 0.333. The highest BCUT2D eigenvalue weighted by Crippen LogP contribution is 2.23. The summed E-state index contributed by atoms with van der Waals surface area (Å²) in [6, 6.07) is 3.22. The van der Waals surface area contributed by atoms with Gasteiger partial charge >= 0.3 is 5.69 Å². The maximum Gasteiger partial charge on any atom is 0.305 e. The molecule has 0 unspecified atom stereocenters. The molecule has 8 nitrogen and oxygen atoms in total. The number of hydrogen-bond donors (Lipinski definition) is 1. The molecule has 112 valence electrons. The van der Waals surface area contributed by atoms with E-state index in [2.05, 4.69) is 10.1 Å². The minimum Gasteiger partial charge on any atom is -0.484 e. The summed E-state index contributed by atoms with van der Waals surface area (Å²) < 4.78 is 23.6. The van der Waals surface area contributed by atoms with Crippen LogP contribution in [0.15, 0.2) is 22.7 Å². The largest absolute Gasteiger partial charge is 0.484 e. The van der Waals surface area contributed by atoms with Crippen molar-refractivity contribution in [1.82, 2.24) is 10.1 Å². The van der Waals surface area contributed by atoms with Gasteiger partial charge in [0.2, 0.25) is 5.82 Å². The van der Waals surface area contributed by atoms with Crippen LogP contribution in [0.25, 0.3) is 0 Å². The van der Waals surface area contributed by atoms with Crippen LogP contribution >= 0.6 is 0 Å². The summed E-state index contributed by atoms with van der Waals surface area (Å²) in [5.74, 6) is -0.380. The van der Waals surface area contributed by atoms with Gasteiger partial charge in [-0.1, -0.05) is 5.16 Å². The highest BCUT2D eigenvalue weighted by Gasteiger charge is 2.21. The number of rotatable bonds is 5. The number of nitro groups is 1. The molecule has 9 heteroatoms. The highest BCUT2D eigenvalue weighted by atomic mass is 19.1. The fourth-order valence-corrected chi connectivity index (χ4v) is 1.45. The normalized spacial score (nSPS) is 11.4. The summed E-state index contributed by atoms with van der Waals surface area (Å²) in [6.45, 7) is 3.34. The van der Waals surface area contributed by atoms with Crippen LogP contribution in [-0.4, -0.2) is 15.1 Å². The molecule has 0 bridgehead atoms. The molecule has 21 heavy (non-hydrogen) atoms. The third-order valence-electron chi connectivity index (χ3n) is 2.52. The summed E-state index contributed by atoms with van der Waals surface area (Å²) in [7, 11) is 0. The smallest absolute Gasteiger partial charge is 0.305 e. The Labute approximate surface area is 118 Å². The first-order valence-electron chi connectivity index (χ1n) is 5.96. The lowest BCUT2D eigenvalue weighted by atomic mass is 10.1. The molecule has 0 atom stereocenters. The van der Waals surface area contributed by atoms with Gasteiger partial charge in [0, 0.05) is 12.1 Å². The number of aromatic nitrogens is 2. The molecule has 0 spiro atoms. The molecule has 0 fully saturated rings. The van der Waals surface area contributed by atoms with Crippen LogP contribution in [0, 0.1) is 15.9 Å². The molecule has 0 aliphatic heterocycles. The maximum absolute atomic E-state index is 13.4. The molecule has 1 aromatic heterocycles. The van der Waals surface area contributed by atoms with Gasteiger partial charge in [-0.2, -0.15) is 9.37 Å². The Hall–Kier alpha value is -2.55. The average molecular weight is 296 g/mol. The molecule has 2 N–H and O–H groups in total. The number of nitro benzene ring substituents is 1. The molecular formula is C12H13FN4O4. The molecule has 1 heterocycles. The Kier molecular flexibility index (Phi) is 3.85. The molecule has 0 aliphatic rings. The molecule has 2 rings (SSSR count). The van der Waals surface area contributed by atoms with Crippen LogP contribution in [0.2, 0.25) is 0 Å². The average Bonchev–Trinajstić information content (AvgIpc) is 2.84. The lowest BCUT2D eigenvalue weighted by molar-refractivity contribution is -0.387. The van der Waals surface area contributed by atoms with Crippen molar-refractivity contribution in [2.45, 2.75) is 26.0 Å². The predicted molar refractivity (Wildman–Crippen MR) is 68.9 cm³/mol. The van der Waals surface area contributed by atoms with Gasteiger partial charge in [-0.15, -0.1) is 0 Å². The van der Waals surface area contributed by atoms with E-state index in [0.717, 1.165) is 12.1 Å². The zero-order valence-electron chi connectivity index (χ0n) is 11.4. The zero-order valence-corrected chi connectivity index (χ0v) is 11.4. The quantitative estimate of drug-likeness (QED) is 0.661. The van der Waals surface area contributed by atoms with Crippen LogP contribution in [-0.2, 0) is 12.1 Å². The Balaban J connectivity index is 2.05. The first kappa shape index (κ1) is 14.9. The lowest BCUT2D eigenvalue weighted by Gasteiger charge is -2.11. The van der Waals surface area contributed by atoms with Gasteiger partial charge in [-0.3, -0.25) is 10.1 Å². The Bertz CT molecular complexity index is 666. The van der Waals surface area contributed by atoms with E-state index in [1.165, 1.54) is 6.07 Å². The van der Waals surface area contributed by atoms with Gasteiger partial charge in [0.15, 0.2) is 12.4 Å². The van der Waals surface area contributed by atoms with Crippen molar-refractivity contribution in [3.63, 3.8) is 0 Å². The zero-order chi connectivity index (χ0) is 15.6. The SMILES string of the molecule is CC(C)(N)c1noc(COc2ccc([N+](=O)[O-])c(F)c2)n1. The molecule has 1 aromatic carbocycles. The number of hydrogen-bond acceptors (Lipinski definition) is 7. The molecule has 0 saturated heterocycles. The fourth-order valence-electron chi connectivity index (χ4n) is 1.45.